The summed E-state index contributed by atoms with van der Waals surface area (Å²) in [5, 5.41) is 11.4. The van der Waals surface area contributed by atoms with Crippen LogP contribution in [0.1, 0.15) is 43.6 Å². The van der Waals surface area contributed by atoms with Crippen molar-refractivity contribution in [2.75, 3.05) is 25.0 Å². The van der Waals surface area contributed by atoms with Crippen molar-refractivity contribution in [3.8, 4) is 17.3 Å². The number of fused-ring (bicyclic) bond motifs is 1. The monoisotopic (exact) mass is 772 g/mol. The third-order valence-corrected chi connectivity index (χ3v) is 13.1. The number of aromatic nitrogens is 1. The molecule has 0 atom stereocenters. The predicted molar refractivity (Wildman–Crippen MR) is 248 cm³/mol. The van der Waals surface area contributed by atoms with Crippen LogP contribution in [0.25, 0.3) is 17.3 Å². The molecule has 7 aromatic rings. The molecule has 0 spiro atoms. The SMILES string of the molecule is C[N+]1=C(/C(C#N)=C/c2sc(N3CCCCC3)nc2-c2ccccc2)C(C)(C)c2ccccc21.c1ccc([B-](c2ccccc2)(c2ccccc2)c2ccccc2)cc1. The lowest BCUT2D eigenvalue weighted by molar-refractivity contribution is -0.401. The van der Waals surface area contributed by atoms with E-state index in [1.54, 1.807) is 11.3 Å². The normalized spacial score (nSPS) is 14.9. The molecule has 0 aliphatic carbocycles. The zero-order chi connectivity index (χ0) is 40.0. The maximum Gasteiger partial charge on any atom is 0.209 e. The van der Waals surface area contributed by atoms with Crippen LogP contribution in [0.2, 0.25) is 0 Å². The number of hydrogen-bond donors (Lipinski definition) is 0. The summed E-state index contributed by atoms with van der Waals surface area (Å²) < 4.78 is 2.18. The Kier molecular flexibility index (Phi) is 11.3. The fraction of sp³-hybridized carbons (Fsp3) is 0.173. The molecule has 3 heterocycles. The van der Waals surface area contributed by atoms with Crippen LogP contribution in [0.15, 0.2) is 181 Å². The zero-order valence-corrected chi connectivity index (χ0v) is 34.4. The predicted octanol–water partition coefficient (Wildman–Crippen LogP) is 9.48. The van der Waals surface area contributed by atoms with E-state index >= 15 is 0 Å². The van der Waals surface area contributed by atoms with E-state index < -0.39 is 6.15 Å². The van der Waals surface area contributed by atoms with Crippen molar-refractivity contribution in [3.63, 3.8) is 0 Å². The Morgan fingerprint density at radius 2 is 1.10 bits per heavy atom. The highest BCUT2D eigenvalue weighted by molar-refractivity contribution is 7.20. The second-order valence-electron chi connectivity index (χ2n) is 15.9. The molecule has 0 N–H and O–H groups in total. The molecule has 58 heavy (non-hydrogen) atoms. The minimum absolute atomic E-state index is 0.250. The molecule has 0 unspecified atom stereocenters. The molecule has 2 aliphatic rings. The van der Waals surface area contributed by atoms with Gasteiger partial charge in [-0.25, -0.2) is 4.98 Å². The van der Waals surface area contributed by atoms with Crippen molar-refractivity contribution in [2.45, 2.75) is 38.5 Å². The minimum Gasteiger partial charge on any atom is -0.348 e. The van der Waals surface area contributed by atoms with Crippen molar-refractivity contribution in [2.24, 2.45) is 0 Å². The molecular formula is C52H49BN4S. The van der Waals surface area contributed by atoms with E-state index in [-0.39, 0.29) is 5.41 Å². The molecule has 9 rings (SSSR count). The Bertz CT molecular complexity index is 2410. The van der Waals surface area contributed by atoms with Crippen LogP contribution in [-0.4, -0.2) is 41.6 Å². The second-order valence-corrected chi connectivity index (χ2v) is 16.9. The van der Waals surface area contributed by atoms with Crippen LogP contribution in [-0.2, 0) is 5.41 Å². The van der Waals surface area contributed by atoms with Gasteiger partial charge < -0.3 is 4.90 Å². The van der Waals surface area contributed by atoms with Gasteiger partial charge in [0.15, 0.2) is 5.13 Å². The fourth-order valence-corrected chi connectivity index (χ4v) is 10.4. The van der Waals surface area contributed by atoms with Crippen molar-refractivity contribution < 1.29 is 4.58 Å². The van der Waals surface area contributed by atoms with E-state index in [2.05, 4.69) is 200 Å². The van der Waals surface area contributed by atoms with Gasteiger partial charge in [-0.1, -0.05) is 181 Å². The van der Waals surface area contributed by atoms with E-state index in [0.717, 1.165) is 40.1 Å². The van der Waals surface area contributed by atoms with Gasteiger partial charge in [-0.2, -0.15) is 31.7 Å². The summed E-state index contributed by atoms with van der Waals surface area (Å²) in [4.78, 5) is 8.53. The van der Waals surface area contributed by atoms with Gasteiger partial charge in [-0.3, -0.25) is 0 Å². The summed E-state index contributed by atoms with van der Waals surface area (Å²) in [6.45, 7) is 6.52. The lowest BCUT2D eigenvalue weighted by Gasteiger charge is -2.44. The molecule has 0 bridgehead atoms. The first-order valence-corrected chi connectivity index (χ1v) is 21.3. The average molecular weight is 773 g/mol. The molecule has 1 aromatic heterocycles. The highest BCUT2D eigenvalue weighted by atomic mass is 32.1. The minimum atomic E-state index is -1.22. The third kappa shape index (κ3) is 7.35. The van der Waals surface area contributed by atoms with Gasteiger partial charge in [-0.05, 0) is 39.2 Å². The lowest BCUT2D eigenvalue weighted by Crippen LogP contribution is -2.74. The lowest BCUT2D eigenvalue weighted by atomic mass is 9.13. The molecule has 286 valence electrons. The van der Waals surface area contributed by atoms with Crippen LogP contribution in [0.4, 0.5) is 10.8 Å². The second kappa shape index (κ2) is 17.1. The Balaban J connectivity index is 0.000000168. The van der Waals surface area contributed by atoms with Crippen molar-refractivity contribution in [1.82, 2.24) is 4.98 Å². The molecule has 0 radical (unpaired) electrons. The fourth-order valence-electron chi connectivity index (χ4n) is 9.33. The number of piperidine rings is 1. The largest absolute Gasteiger partial charge is 0.348 e. The molecule has 6 aromatic carbocycles. The maximum atomic E-state index is 10.3. The van der Waals surface area contributed by atoms with Gasteiger partial charge in [0.25, 0.3) is 0 Å². The Hall–Kier alpha value is -6.29. The van der Waals surface area contributed by atoms with Crippen molar-refractivity contribution in [3.05, 3.63) is 192 Å². The van der Waals surface area contributed by atoms with Gasteiger partial charge in [0, 0.05) is 30.3 Å². The summed E-state index contributed by atoms with van der Waals surface area (Å²) in [5.74, 6) is 0. The number of nitrogens with zero attached hydrogens (tertiary/aromatic N) is 4. The molecule has 2 aliphatic heterocycles. The van der Waals surface area contributed by atoms with Gasteiger partial charge in [0.2, 0.25) is 11.4 Å². The van der Waals surface area contributed by atoms with E-state index in [4.69, 9.17) is 4.98 Å². The van der Waals surface area contributed by atoms with Gasteiger partial charge in [-0.15, -0.1) is 0 Å². The van der Waals surface area contributed by atoms with E-state index in [0.29, 0.717) is 5.57 Å². The van der Waals surface area contributed by atoms with E-state index in [1.807, 2.05) is 18.2 Å². The van der Waals surface area contributed by atoms with E-state index in [1.165, 1.54) is 52.4 Å². The van der Waals surface area contributed by atoms with Crippen LogP contribution >= 0.6 is 11.3 Å². The molecule has 0 amide bonds. The smallest absolute Gasteiger partial charge is 0.209 e. The Labute approximate surface area is 348 Å². The Morgan fingerprint density at radius 3 is 1.57 bits per heavy atom. The number of benzene rings is 6. The summed E-state index contributed by atoms with van der Waals surface area (Å²) in [7, 11) is 2.07. The highest BCUT2D eigenvalue weighted by Crippen LogP contribution is 2.42. The van der Waals surface area contributed by atoms with E-state index in [9.17, 15) is 5.26 Å². The van der Waals surface area contributed by atoms with Gasteiger partial charge >= 0.3 is 0 Å². The number of para-hydroxylation sites is 1. The first-order chi connectivity index (χ1) is 28.4. The van der Waals surface area contributed by atoms with Crippen molar-refractivity contribution in [1.29, 1.82) is 5.26 Å². The standard InChI is InChI=1S/C28H29N4S.C24H20B/c1-28(2)22-14-8-9-15-23(22)31(3)26(28)21(19-29)18-24-25(20-12-6-4-7-13-20)30-27(33-24)32-16-10-5-11-17-32;1-5-13-21(14-6-1)25(22-15-7-2-8-16-22,23-17-9-3-10-18-23)24-19-11-4-12-20-24/h4,6-9,12-15,18H,5,10-11,16-17H2,1-3H3;1-20H/q+1;-1. The number of allylic oxidation sites excluding steroid dienone is 1. The average Bonchev–Trinajstić information content (AvgIpc) is 3.80. The summed E-state index contributed by atoms with van der Waals surface area (Å²) in [6.07, 6.45) is 4.56. The maximum absolute atomic E-state index is 10.3. The number of anilines is 1. The van der Waals surface area contributed by atoms with Gasteiger partial charge in [0.1, 0.15) is 24.8 Å². The zero-order valence-electron chi connectivity index (χ0n) is 33.6. The topological polar surface area (TPSA) is 42.9 Å². The summed E-state index contributed by atoms with van der Waals surface area (Å²) in [6, 6.07) is 64.8. The van der Waals surface area contributed by atoms with Gasteiger partial charge in [0.05, 0.1) is 16.0 Å². The number of nitriles is 1. The quantitative estimate of drug-likeness (QED) is 0.0879. The molecule has 4 nitrogen and oxygen atoms in total. The van der Waals surface area contributed by atoms with Crippen LogP contribution in [0, 0.1) is 11.3 Å². The van der Waals surface area contributed by atoms with Crippen LogP contribution in [0.3, 0.4) is 0 Å². The summed E-state index contributed by atoms with van der Waals surface area (Å²) in [5.41, 5.74) is 11.3. The number of thiazole rings is 1. The molecular weight excluding hydrogens is 723 g/mol. The first kappa shape index (κ1) is 38.6. The number of rotatable bonds is 8. The van der Waals surface area contributed by atoms with Crippen LogP contribution < -0.4 is 26.8 Å². The van der Waals surface area contributed by atoms with Crippen molar-refractivity contribution >= 4 is 61.9 Å². The molecule has 6 heteroatoms. The Morgan fingerprint density at radius 1 is 0.655 bits per heavy atom. The molecule has 1 fully saturated rings. The molecule has 0 saturated carbocycles. The highest BCUT2D eigenvalue weighted by Gasteiger charge is 2.46. The first-order valence-electron chi connectivity index (χ1n) is 20.4. The van der Waals surface area contributed by atoms with Crippen LogP contribution in [0.5, 0.6) is 0 Å². The summed E-state index contributed by atoms with van der Waals surface area (Å²) >= 11 is 1.70. The third-order valence-electron chi connectivity index (χ3n) is 12.0. The number of hydrogen-bond acceptors (Lipinski definition) is 4. The molecule has 1 saturated heterocycles.